The number of aryl methyl sites for hydroxylation is 3. The molecule has 0 aliphatic rings. The van der Waals surface area contributed by atoms with E-state index >= 15 is 0 Å². The average Bonchev–Trinajstić information content (AvgIpc) is 2.70. The molecule has 0 saturated carbocycles. The third-order valence-corrected chi connectivity index (χ3v) is 4.04. The van der Waals surface area contributed by atoms with Crippen LogP contribution in [0.15, 0.2) is 72.8 Å². The highest BCUT2D eigenvalue weighted by molar-refractivity contribution is 5.31. The van der Waals surface area contributed by atoms with Gasteiger partial charge in [-0.15, -0.1) is 0 Å². The smallest absolute Gasteiger partial charge is 0.118 e. The molecule has 0 unspecified atom stereocenters. The number of hydrogen-bond donors (Lipinski definition) is 3. The number of phenolic OH excluding ortho intramolecular Hbond substituents is 3. The Morgan fingerprint density at radius 3 is 1.63 bits per heavy atom. The van der Waals surface area contributed by atoms with Gasteiger partial charge in [0.25, 0.3) is 0 Å². The molecular formula is C24H30O3. The summed E-state index contributed by atoms with van der Waals surface area (Å²) in [6.45, 7) is 6.18. The van der Waals surface area contributed by atoms with Crippen molar-refractivity contribution < 1.29 is 15.3 Å². The van der Waals surface area contributed by atoms with Gasteiger partial charge in [0.15, 0.2) is 0 Å². The van der Waals surface area contributed by atoms with Gasteiger partial charge in [0, 0.05) is 0 Å². The molecular weight excluding hydrogens is 336 g/mol. The molecule has 0 bridgehead atoms. The second kappa shape index (κ2) is 12.4. The lowest BCUT2D eigenvalue weighted by atomic mass is 10.1. The minimum atomic E-state index is 0.340. The van der Waals surface area contributed by atoms with Crippen LogP contribution in [0.5, 0.6) is 17.2 Å². The molecule has 0 spiro atoms. The van der Waals surface area contributed by atoms with Crippen molar-refractivity contribution in [1.82, 2.24) is 0 Å². The summed E-state index contributed by atoms with van der Waals surface area (Å²) in [7, 11) is 0. The molecule has 0 aromatic heterocycles. The van der Waals surface area contributed by atoms with Crippen LogP contribution in [0.2, 0.25) is 0 Å². The van der Waals surface area contributed by atoms with Gasteiger partial charge in [0.1, 0.15) is 17.2 Å². The van der Waals surface area contributed by atoms with E-state index in [0.29, 0.717) is 17.2 Å². The summed E-state index contributed by atoms with van der Waals surface area (Å²) in [6.07, 6.45) is 2.90. The molecule has 3 rings (SSSR count). The molecule has 3 aromatic rings. The van der Waals surface area contributed by atoms with Crippen molar-refractivity contribution >= 4 is 0 Å². The molecule has 3 heteroatoms. The van der Waals surface area contributed by atoms with Gasteiger partial charge in [-0.05, 0) is 66.3 Å². The number of hydrogen-bond acceptors (Lipinski definition) is 3. The van der Waals surface area contributed by atoms with E-state index in [9.17, 15) is 0 Å². The van der Waals surface area contributed by atoms with Crippen LogP contribution < -0.4 is 0 Å². The van der Waals surface area contributed by atoms with Crippen LogP contribution in [0.1, 0.15) is 37.5 Å². The summed E-state index contributed by atoms with van der Waals surface area (Å²) in [5.41, 5.74) is 3.44. The Kier molecular flexibility index (Phi) is 10.2. The van der Waals surface area contributed by atoms with E-state index in [1.165, 1.54) is 11.1 Å². The van der Waals surface area contributed by atoms with Crippen molar-refractivity contribution in [2.75, 3.05) is 0 Å². The predicted molar refractivity (Wildman–Crippen MR) is 112 cm³/mol. The van der Waals surface area contributed by atoms with Gasteiger partial charge < -0.3 is 15.3 Å². The third-order valence-electron chi connectivity index (χ3n) is 4.04. The molecule has 0 saturated heterocycles. The second-order valence-corrected chi connectivity index (χ2v) is 6.03. The van der Waals surface area contributed by atoms with Crippen LogP contribution in [0.4, 0.5) is 0 Å². The summed E-state index contributed by atoms with van der Waals surface area (Å²) < 4.78 is 0. The Morgan fingerprint density at radius 1 is 0.556 bits per heavy atom. The van der Waals surface area contributed by atoms with Crippen LogP contribution in [0, 0.1) is 0 Å². The van der Waals surface area contributed by atoms with Crippen molar-refractivity contribution in [3.63, 3.8) is 0 Å². The number of para-hydroxylation sites is 1. The van der Waals surface area contributed by atoms with Crippen molar-refractivity contribution in [2.24, 2.45) is 0 Å². The molecule has 27 heavy (non-hydrogen) atoms. The maximum Gasteiger partial charge on any atom is 0.118 e. The number of rotatable bonds is 3. The average molecular weight is 367 g/mol. The summed E-state index contributed by atoms with van der Waals surface area (Å²) in [4.78, 5) is 0. The van der Waals surface area contributed by atoms with Gasteiger partial charge in [0.2, 0.25) is 0 Å². The lowest BCUT2D eigenvalue weighted by molar-refractivity contribution is 0.469. The van der Waals surface area contributed by atoms with E-state index < -0.39 is 0 Å². The maximum atomic E-state index is 9.11. The fourth-order valence-electron chi connectivity index (χ4n) is 2.32. The monoisotopic (exact) mass is 366 g/mol. The fraction of sp³-hybridized carbons (Fsp3) is 0.250. The molecule has 0 aliphatic carbocycles. The zero-order valence-corrected chi connectivity index (χ0v) is 16.4. The highest BCUT2D eigenvalue weighted by atomic mass is 16.3. The van der Waals surface area contributed by atoms with Crippen LogP contribution in [0.3, 0.4) is 0 Å². The molecule has 0 radical (unpaired) electrons. The first-order valence-electron chi connectivity index (χ1n) is 9.32. The van der Waals surface area contributed by atoms with Crippen LogP contribution >= 0.6 is 0 Å². The van der Waals surface area contributed by atoms with Gasteiger partial charge in [-0.2, -0.15) is 0 Å². The van der Waals surface area contributed by atoms with E-state index in [1.54, 1.807) is 30.3 Å². The molecule has 0 atom stereocenters. The van der Waals surface area contributed by atoms with E-state index in [1.807, 2.05) is 49.4 Å². The molecule has 0 aliphatic heterocycles. The Morgan fingerprint density at radius 2 is 1.19 bits per heavy atom. The van der Waals surface area contributed by atoms with E-state index in [0.717, 1.165) is 24.8 Å². The fourth-order valence-corrected chi connectivity index (χ4v) is 2.32. The van der Waals surface area contributed by atoms with Crippen LogP contribution in [0.25, 0.3) is 0 Å². The molecule has 144 valence electrons. The molecule has 0 amide bonds. The Balaban J connectivity index is 0.000000202. The van der Waals surface area contributed by atoms with E-state index in [2.05, 4.69) is 13.8 Å². The van der Waals surface area contributed by atoms with Gasteiger partial charge in [0.05, 0.1) is 0 Å². The highest BCUT2D eigenvalue weighted by Crippen LogP contribution is 2.15. The second-order valence-electron chi connectivity index (χ2n) is 6.03. The summed E-state index contributed by atoms with van der Waals surface area (Å²) in [6, 6.07) is 22.0. The molecule has 3 nitrogen and oxygen atoms in total. The van der Waals surface area contributed by atoms with Crippen LogP contribution in [-0.2, 0) is 19.3 Å². The quantitative estimate of drug-likeness (QED) is 0.544. The topological polar surface area (TPSA) is 60.7 Å². The standard InChI is InChI=1S/3C8H10O/c1-2-7-3-5-8(9)6-4-7;1-2-7-4-3-5-8(9)6-7;1-2-7-5-3-4-6-8(7)9/h3*3-6,9H,2H2,1H3. The van der Waals surface area contributed by atoms with Crippen molar-refractivity contribution in [3.05, 3.63) is 89.5 Å². The third kappa shape index (κ3) is 8.82. The van der Waals surface area contributed by atoms with Crippen molar-refractivity contribution in [1.29, 1.82) is 0 Å². The highest BCUT2D eigenvalue weighted by Gasteiger charge is 1.92. The predicted octanol–water partition coefficient (Wildman–Crippen LogP) is 5.86. The SMILES string of the molecule is CCc1ccc(O)cc1.CCc1cccc(O)c1.CCc1ccccc1O. The number of aromatic hydroxyl groups is 3. The number of benzene rings is 3. The maximum absolute atomic E-state index is 9.11. The molecule has 0 heterocycles. The van der Waals surface area contributed by atoms with E-state index in [4.69, 9.17) is 15.3 Å². The Hall–Kier alpha value is -2.94. The van der Waals surface area contributed by atoms with Crippen LogP contribution in [-0.4, -0.2) is 15.3 Å². The zero-order chi connectivity index (χ0) is 20.1. The first-order chi connectivity index (χ1) is 13.0. The normalized spacial score (nSPS) is 9.44. The van der Waals surface area contributed by atoms with Gasteiger partial charge in [-0.3, -0.25) is 0 Å². The summed E-state index contributed by atoms with van der Waals surface area (Å²) in [5, 5.41) is 26.9. The van der Waals surface area contributed by atoms with Gasteiger partial charge in [-0.1, -0.05) is 63.2 Å². The first kappa shape index (κ1) is 22.1. The van der Waals surface area contributed by atoms with E-state index in [-0.39, 0.29) is 0 Å². The van der Waals surface area contributed by atoms with Gasteiger partial charge >= 0.3 is 0 Å². The lowest BCUT2D eigenvalue weighted by Gasteiger charge is -1.97. The minimum absolute atomic E-state index is 0.340. The van der Waals surface area contributed by atoms with Gasteiger partial charge in [-0.25, -0.2) is 0 Å². The largest absolute Gasteiger partial charge is 0.508 e. The summed E-state index contributed by atoms with van der Waals surface area (Å²) >= 11 is 0. The Bertz CT molecular complexity index is 780. The zero-order valence-electron chi connectivity index (χ0n) is 16.4. The van der Waals surface area contributed by atoms with Crippen molar-refractivity contribution in [2.45, 2.75) is 40.0 Å². The Labute approximate surface area is 162 Å². The molecule has 3 N–H and O–H groups in total. The number of phenols is 3. The first-order valence-corrected chi connectivity index (χ1v) is 9.32. The lowest BCUT2D eigenvalue weighted by Crippen LogP contribution is -1.77. The molecule has 3 aromatic carbocycles. The summed E-state index contributed by atoms with van der Waals surface area (Å²) in [5.74, 6) is 1.10. The molecule has 0 fully saturated rings. The van der Waals surface area contributed by atoms with Crippen molar-refractivity contribution in [3.8, 4) is 17.2 Å². The minimum Gasteiger partial charge on any atom is -0.508 e.